The quantitative estimate of drug-likeness (QED) is 0.868. The molecule has 0 unspecified atom stereocenters. The molecular formula is C16H23BrN2O2. The van der Waals surface area contributed by atoms with E-state index in [9.17, 15) is 4.79 Å². The Bertz CT molecular complexity index is 525. The highest BCUT2D eigenvalue weighted by Crippen LogP contribution is 2.47. The first-order valence-electron chi connectivity index (χ1n) is 7.39. The molecule has 1 saturated carbocycles. The molecule has 0 aliphatic heterocycles. The summed E-state index contributed by atoms with van der Waals surface area (Å²) >= 11 is 3.65. The van der Waals surface area contributed by atoms with E-state index in [0.717, 1.165) is 28.6 Å². The van der Waals surface area contributed by atoms with E-state index >= 15 is 0 Å². The summed E-state index contributed by atoms with van der Waals surface area (Å²) in [7, 11) is 1.62. The van der Waals surface area contributed by atoms with Crippen LogP contribution in [0.2, 0.25) is 0 Å². The summed E-state index contributed by atoms with van der Waals surface area (Å²) in [4.78, 5) is 11.6. The van der Waals surface area contributed by atoms with Crippen molar-refractivity contribution in [3.8, 4) is 5.75 Å². The number of benzene rings is 1. The van der Waals surface area contributed by atoms with Gasteiger partial charge >= 0.3 is 0 Å². The number of rotatable bonds is 4. The fourth-order valence-electron chi connectivity index (χ4n) is 3.33. The fourth-order valence-corrected chi connectivity index (χ4v) is 4.08. The predicted octanol–water partition coefficient (Wildman–Crippen LogP) is 3.58. The van der Waals surface area contributed by atoms with Crippen molar-refractivity contribution < 1.29 is 9.53 Å². The second-order valence-electron chi connectivity index (χ2n) is 5.73. The second-order valence-corrected chi connectivity index (χ2v) is 6.58. The molecule has 0 saturated heterocycles. The Morgan fingerprint density at radius 1 is 1.38 bits per heavy atom. The molecule has 0 radical (unpaired) electrons. The first-order valence-corrected chi connectivity index (χ1v) is 8.18. The maximum atomic E-state index is 11.6. The van der Waals surface area contributed by atoms with Crippen molar-refractivity contribution in [1.29, 1.82) is 0 Å². The van der Waals surface area contributed by atoms with Crippen LogP contribution >= 0.6 is 15.9 Å². The van der Waals surface area contributed by atoms with E-state index < -0.39 is 0 Å². The number of carbonyl (C=O) groups excluding carboxylic acids is 1. The molecule has 0 atom stereocenters. The van der Waals surface area contributed by atoms with Gasteiger partial charge < -0.3 is 15.8 Å². The lowest BCUT2D eigenvalue weighted by Crippen LogP contribution is -2.38. The van der Waals surface area contributed by atoms with Crippen LogP contribution in [-0.4, -0.2) is 19.6 Å². The zero-order valence-corrected chi connectivity index (χ0v) is 14.3. The lowest BCUT2D eigenvalue weighted by Gasteiger charge is -2.39. The van der Waals surface area contributed by atoms with Gasteiger partial charge in [-0.05, 0) is 25.0 Å². The summed E-state index contributed by atoms with van der Waals surface area (Å²) in [6.07, 6.45) is 5.67. The first kappa shape index (κ1) is 16.3. The molecule has 1 aliphatic carbocycles. The van der Waals surface area contributed by atoms with Crippen LogP contribution in [0.3, 0.4) is 0 Å². The molecule has 21 heavy (non-hydrogen) atoms. The van der Waals surface area contributed by atoms with E-state index in [1.807, 2.05) is 12.1 Å². The number of ether oxygens (including phenoxy) is 1. The molecule has 3 N–H and O–H groups in total. The van der Waals surface area contributed by atoms with E-state index in [-0.39, 0.29) is 11.3 Å². The van der Waals surface area contributed by atoms with Crippen LogP contribution in [0.25, 0.3) is 0 Å². The van der Waals surface area contributed by atoms with Gasteiger partial charge in [0, 0.05) is 28.9 Å². The number of nitrogens with two attached hydrogens (primary N) is 1. The molecule has 0 aromatic heterocycles. The summed E-state index contributed by atoms with van der Waals surface area (Å²) in [6, 6.07) is 3.84. The number of carbonyl (C=O) groups is 1. The molecule has 5 heteroatoms. The summed E-state index contributed by atoms with van der Waals surface area (Å²) in [5.41, 5.74) is 7.90. The Balaban J connectivity index is 2.61. The van der Waals surface area contributed by atoms with Crippen LogP contribution in [0.4, 0.5) is 5.69 Å². The summed E-state index contributed by atoms with van der Waals surface area (Å²) < 4.78 is 6.43. The molecule has 2 rings (SSSR count). The highest BCUT2D eigenvalue weighted by molar-refractivity contribution is 9.10. The monoisotopic (exact) mass is 354 g/mol. The minimum Gasteiger partial charge on any atom is -0.495 e. The maximum absolute atomic E-state index is 11.6. The van der Waals surface area contributed by atoms with E-state index in [2.05, 4.69) is 21.2 Å². The molecule has 1 aromatic rings. The van der Waals surface area contributed by atoms with Crippen molar-refractivity contribution >= 4 is 27.5 Å². The van der Waals surface area contributed by atoms with Gasteiger partial charge in [0.25, 0.3) is 0 Å². The smallest absolute Gasteiger partial charge is 0.221 e. The molecule has 116 valence electrons. The highest BCUT2D eigenvalue weighted by atomic mass is 79.9. The third-order valence-corrected chi connectivity index (χ3v) is 5.03. The molecular weight excluding hydrogens is 332 g/mol. The predicted molar refractivity (Wildman–Crippen MR) is 88.8 cm³/mol. The average molecular weight is 355 g/mol. The molecule has 1 aromatic carbocycles. The topological polar surface area (TPSA) is 64.3 Å². The van der Waals surface area contributed by atoms with E-state index in [1.54, 1.807) is 7.11 Å². The van der Waals surface area contributed by atoms with Gasteiger partial charge in [0.15, 0.2) is 0 Å². The van der Waals surface area contributed by atoms with Crippen LogP contribution in [0, 0.1) is 0 Å². The highest BCUT2D eigenvalue weighted by Gasteiger charge is 2.37. The largest absolute Gasteiger partial charge is 0.495 e. The van der Waals surface area contributed by atoms with Crippen LogP contribution in [0.15, 0.2) is 16.6 Å². The van der Waals surface area contributed by atoms with Crippen molar-refractivity contribution in [2.75, 3.05) is 19.0 Å². The number of anilines is 1. The standard InChI is InChI=1S/C16H23BrN2O2/c1-11(20)19-15-13(21-2)7-6-12(17)14(15)16(10-18)8-4-3-5-9-16/h6-7H,3-5,8-10,18H2,1-2H3,(H,19,20). The maximum Gasteiger partial charge on any atom is 0.221 e. The summed E-state index contributed by atoms with van der Waals surface area (Å²) in [6.45, 7) is 2.09. The van der Waals surface area contributed by atoms with Crippen molar-refractivity contribution in [2.24, 2.45) is 5.73 Å². The molecule has 1 aliphatic rings. The fraction of sp³-hybridized carbons (Fsp3) is 0.562. The van der Waals surface area contributed by atoms with Gasteiger partial charge in [-0.25, -0.2) is 0 Å². The number of hydrogen-bond donors (Lipinski definition) is 2. The van der Waals surface area contributed by atoms with Crippen LogP contribution < -0.4 is 15.8 Å². The molecule has 0 bridgehead atoms. The van der Waals surface area contributed by atoms with Gasteiger partial charge in [-0.1, -0.05) is 35.2 Å². The van der Waals surface area contributed by atoms with Gasteiger partial charge in [0.1, 0.15) is 5.75 Å². The van der Waals surface area contributed by atoms with Gasteiger partial charge in [-0.2, -0.15) is 0 Å². The Hall–Kier alpha value is -1.07. The Morgan fingerprint density at radius 3 is 2.57 bits per heavy atom. The lowest BCUT2D eigenvalue weighted by molar-refractivity contribution is -0.114. The van der Waals surface area contributed by atoms with E-state index in [4.69, 9.17) is 10.5 Å². The zero-order valence-electron chi connectivity index (χ0n) is 12.7. The minimum absolute atomic E-state index is 0.0938. The summed E-state index contributed by atoms with van der Waals surface area (Å²) in [5.74, 6) is 0.581. The van der Waals surface area contributed by atoms with Crippen molar-refractivity contribution in [2.45, 2.75) is 44.4 Å². The van der Waals surface area contributed by atoms with Gasteiger partial charge in [0.05, 0.1) is 12.8 Å². The van der Waals surface area contributed by atoms with Crippen LogP contribution in [0.5, 0.6) is 5.75 Å². The SMILES string of the molecule is COc1ccc(Br)c(C2(CN)CCCCC2)c1NC(C)=O. The van der Waals surface area contributed by atoms with Crippen molar-refractivity contribution in [3.63, 3.8) is 0 Å². The lowest BCUT2D eigenvalue weighted by atomic mass is 9.69. The number of amides is 1. The van der Waals surface area contributed by atoms with Gasteiger partial charge in [0.2, 0.25) is 5.91 Å². The number of methoxy groups -OCH3 is 1. The van der Waals surface area contributed by atoms with Crippen LogP contribution in [0.1, 0.15) is 44.6 Å². The first-order chi connectivity index (χ1) is 10.0. The third-order valence-electron chi connectivity index (χ3n) is 4.37. The Labute approximate surface area is 134 Å². The normalized spacial score (nSPS) is 17.3. The molecule has 0 heterocycles. The molecule has 0 spiro atoms. The van der Waals surface area contributed by atoms with E-state index in [1.165, 1.54) is 26.2 Å². The second kappa shape index (κ2) is 6.79. The minimum atomic E-state index is -0.101. The molecule has 1 fully saturated rings. The number of hydrogen-bond acceptors (Lipinski definition) is 3. The Kier molecular flexibility index (Phi) is 5.27. The van der Waals surface area contributed by atoms with Gasteiger partial charge in [-0.15, -0.1) is 0 Å². The third kappa shape index (κ3) is 3.24. The van der Waals surface area contributed by atoms with E-state index in [0.29, 0.717) is 12.3 Å². The van der Waals surface area contributed by atoms with Crippen molar-refractivity contribution in [1.82, 2.24) is 0 Å². The summed E-state index contributed by atoms with van der Waals surface area (Å²) in [5, 5.41) is 2.94. The molecule has 1 amide bonds. The molecule has 4 nitrogen and oxygen atoms in total. The zero-order chi connectivity index (χ0) is 15.5. The van der Waals surface area contributed by atoms with Crippen LogP contribution in [-0.2, 0) is 10.2 Å². The number of nitrogens with one attached hydrogen (secondary N) is 1. The number of halogens is 1. The van der Waals surface area contributed by atoms with Crippen molar-refractivity contribution in [3.05, 3.63) is 22.2 Å². The average Bonchev–Trinajstić information content (AvgIpc) is 2.48. The Morgan fingerprint density at radius 2 is 2.05 bits per heavy atom. The van der Waals surface area contributed by atoms with Gasteiger partial charge in [-0.3, -0.25) is 4.79 Å².